The van der Waals surface area contributed by atoms with Crippen LogP contribution < -0.4 is 0 Å². The van der Waals surface area contributed by atoms with Crippen LogP contribution in [0.1, 0.15) is 12.5 Å². The minimum atomic E-state index is -3.57. The summed E-state index contributed by atoms with van der Waals surface area (Å²) in [7, 11) is -2.11. The first-order chi connectivity index (χ1) is 7.80. The van der Waals surface area contributed by atoms with E-state index in [4.69, 9.17) is 5.11 Å². The number of hydrogen-bond acceptors (Lipinski definition) is 3. The van der Waals surface area contributed by atoms with Gasteiger partial charge in [0.2, 0.25) is 10.0 Å². The van der Waals surface area contributed by atoms with Crippen molar-refractivity contribution in [2.45, 2.75) is 24.8 Å². The Bertz CT molecular complexity index is 501. The van der Waals surface area contributed by atoms with E-state index in [2.05, 4.69) is 15.9 Å². The summed E-state index contributed by atoms with van der Waals surface area (Å²) < 4.78 is 26.2. The van der Waals surface area contributed by atoms with Crippen molar-refractivity contribution in [3.05, 3.63) is 28.2 Å². The van der Waals surface area contributed by atoms with E-state index in [0.717, 1.165) is 5.56 Å². The van der Waals surface area contributed by atoms with Gasteiger partial charge in [-0.1, -0.05) is 6.07 Å². The zero-order valence-corrected chi connectivity index (χ0v) is 12.4. The van der Waals surface area contributed by atoms with Crippen LogP contribution in [-0.4, -0.2) is 37.5 Å². The normalized spacial score (nSPS) is 14.0. The van der Waals surface area contributed by atoms with Crippen molar-refractivity contribution in [3.8, 4) is 0 Å². The Morgan fingerprint density at radius 1 is 1.47 bits per heavy atom. The zero-order chi connectivity index (χ0) is 13.2. The molecule has 0 aliphatic heterocycles. The number of hydrogen-bond donors (Lipinski definition) is 1. The highest BCUT2D eigenvalue weighted by molar-refractivity contribution is 9.10. The molecule has 4 nitrogen and oxygen atoms in total. The van der Waals surface area contributed by atoms with Crippen LogP contribution in [-0.2, 0) is 10.0 Å². The van der Waals surface area contributed by atoms with Gasteiger partial charge in [-0.15, -0.1) is 0 Å². The van der Waals surface area contributed by atoms with Crippen LogP contribution >= 0.6 is 15.9 Å². The van der Waals surface area contributed by atoms with E-state index in [1.165, 1.54) is 11.4 Å². The van der Waals surface area contributed by atoms with E-state index in [-0.39, 0.29) is 11.5 Å². The second-order valence-corrected chi connectivity index (χ2v) is 6.81. The van der Waals surface area contributed by atoms with Crippen molar-refractivity contribution in [2.24, 2.45) is 0 Å². The highest BCUT2D eigenvalue weighted by atomic mass is 79.9. The molecule has 0 saturated carbocycles. The Labute approximate surface area is 110 Å². The number of nitrogens with zero attached hydrogens (tertiary/aromatic N) is 1. The topological polar surface area (TPSA) is 57.6 Å². The molecule has 0 fully saturated rings. The molecule has 96 valence electrons. The summed E-state index contributed by atoms with van der Waals surface area (Å²) in [5.41, 5.74) is 0.980. The average molecular weight is 322 g/mol. The van der Waals surface area contributed by atoms with Crippen LogP contribution in [0.3, 0.4) is 0 Å². The largest absolute Gasteiger partial charge is 0.395 e. The van der Waals surface area contributed by atoms with E-state index in [0.29, 0.717) is 4.47 Å². The molecule has 1 N–H and O–H groups in total. The van der Waals surface area contributed by atoms with Gasteiger partial charge < -0.3 is 5.11 Å². The maximum atomic E-state index is 12.2. The Morgan fingerprint density at radius 2 is 2.06 bits per heavy atom. The van der Waals surface area contributed by atoms with Crippen molar-refractivity contribution in [2.75, 3.05) is 13.7 Å². The lowest BCUT2D eigenvalue weighted by atomic mass is 10.2. The van der Waals surface area contributed by atoms with E-state index in [9.17, 15) is 8.42 Å². The third-order valence-electron chi connectivity index (χ3n) is 2.63. The number of halogens is 1. The van der Waals surface area contributed by atoms with Gasteiger partial charge in [0.1, 0.15) is 0 Å². The van der Waals surface area contributed by atoms with Gasteiger partial charge in [0.05, 0.1) is 11.5 Å². The average Bonchev–Trinajstić information content (AvgIpc) is 2.26. The lowest BCUT2D eigenvalue weighted by Crippen LogP contribution is -2.37. The molecule has 17 heavy (non-hydrogen) atoms. The minimum Gasteiger partial charge on any atom is -0.395 e. The summed E-state index contributed by atoms with van der Waals surface area (Å²) >= 11 is 3.25. The number of aryl methyl sites for hydroxylation is 1. The molecule has 1 atom stereocenters. The number of rotatable bonds is 4. The lowest BCUT2D eigenvalue weighted by Gasteiger charge is -2.23. The lowest BCUT2D eigenvalue weighted by molar-refractivity contribution is 0.214. The Balaban J connectivity index is 3.22. The highest BCUT2D eigenvalue weighted by Crippen LogP contribution is 2.26. The van der Waals surface area contributed by atoms with Gasteiger partial charge in [-0.2, -0.15) is 4.31 Å². The second-order valence-electron chi connectivity index (χ2n) is 3.99. The molecule has 1 aromatic carbocycles. The van der Waals surface area contributed by atoms with Gasteiger partial charge >= 0.3 is 0 Å². The molecule has 0 radical (unpaired) electrons. The molecule has 0 aliphatic rings. The van der Waals surface area contributed by atoms with Crippen molar-refractivity contribution in [1.29, 1.82) is 0 Å². The van der Waals surface area contributed by atoms with Crippen LogP contribution in [0.15, 0.2) is 27.6 Å². The first-order valence-corrected chi connectivity index (χ1v) is 7.39. The Morgan fingerprint density at radius 3 is 2.53 bits per heavy atom. The monoisotopic (exact) mass is 321 g/mol. The number of likely N-dealkylation sites (N-methyl/N-ethyl adjacent to an activating group) is 1. The first-order valence-electron chi connectivity index (χ1n) is 5.15. The van der Waals surface area contributed by atoms with Crippen molar-refractivity contribution in [1.82, 2.24) is 4.31 Å². The van der Waals surface area contributed by atoms with Crippen LogP contribution in [0.5, 0.6) is 0 Å². The van der Waals surface area contributed by atoms with Crippen molar-refractivity contribution < 1.29 is 13.5 Å². The van der Waals surface area contributed by atoms with Gasteiger partial charge in [0.15, 0.2) is 0 Å². The summed E-state index contributed by atoms with van der Waals surface area (Å²) in [5.74, 6) is 0. The minimum absolute atomic E-state index is 0.209. The third kappa shape index (κ3) is 3.07. The van der Waals surface area contributed by atoms with Crippen molar-refractivity contribution >= 4 is 26.0 Å². The molecular weight excluding hydrogens is 306 g/mol. The molecule has 0 aliphatic carbocycles. The number of aliphatic hydroxyl groups excluding tert-OH is 1. The molecule has 1 rings (SSSR count). The number of benzene rings is 1. The highest BCUT2D eigenvalue weighted by Gasteiger charge is 2.26. The van der Waals surface area contributed by atoms with Crippen LogP contribution in [0.4, 0.5) is 0 Å². The Hall–Kier alpha value is -0.430. The predicted octanol–water partition coefficient (Wildman–Crippen LogP) is 1.76. The summed E-state index contributed by atoms with van der Waals surface area (Å²) in [6.07, 6.45) is 0. The fraction of sp³-hybridized carbons (Fsp3) is 0.455. The fourth-order valence-electron chi connectivity index (χ4n) is 1.32. The molecule has 0 saturated heterocycles. The van der Waals surface area contributed by atoms with Crippen LogP contribution in [0.2, 0.25) is 0 Å². The molecule has 1 aromatic rings. The van der Waals surface area contributed by atoms with E-state index < -0.39 is 16.1 Å². The van der Waals surface area contributed by atoms with E-state index in [1.54, 1.807) is 25.1 Å². The van der Waals surface area contributed by atoms with Gasteiger partial charge in [-0.25, -0.2) is 8.42 Å². The first kappa shape index (κ1) is 14.6. The van der Waals surface area contributed by atoms with Crippen molar-refractivity contribution in [3.63, 3.8) is 0 Å². The van der Waals surface area contributed by atoms with Gasteiger partial charge in [0.25, 0.3) is 0 Å². The smallest absolute Gasteiger partial charge is 0.244 e. The SMILES string of the molecule is Cc1ccc(S(=O)(=O)N(C)C(C)CO)c(Br)c1. The molecular formula is C11H16BrNO3S. The third-order valence-corrected chi connectivity index (χ3v) is 5.58. The van der Waals surface area contributed by atoms with Crippen LogP contribution in [0.25, 0.3) is 0 Å². The molecule has 0 amide bonds. The molecule has 0 aromatic heterocycles. The summed E-state index contributed by atoms with van der Waals surface area (Å²) in [6.45, 7) is 3.33. The maximum Gasteiger partial charge on any atom is 0.244 e. The maximum absolute atomic E-state index is 12.2. The molecule has 0 spiro atoms. The van der Waals surface area contributed by atoms with Gasteiger partial charge in [-0.05, 0) is 47.5 Å². The number of sulfonamides is 1. The number of aliphatic hydroxyl groups is 1. The standard InChI is InChI=1S/C11H16BrNO3S/c1-8-4-5-11(10(12)6-8)17(15,16)13(3)9(2)7-14/h4-6,9,14H,7H2,1-3H3. The zero-order valence-electron chi connectivity index (χ0n) is 10.0. The molecule has 0 bridgehead atoms. The molecule has 0 heterocycles. The molecule has 1 unspecified atom stereocenters. The fourth-order valence-corrected chi connectivity index (χ4v) is 3.83. The van der Waals surface area contributed by atoms with E-state index in [1.807, 2.05) is 6.92 Å². The van der Waals surface area contributed by atoms with Gasteiger partial charge in [0, 0.05) is 17.6 Å². The predicted molar refractivity (Wildman–Crippen MR) is 70.4 cm³/mol. The summed E-state index contributed by atoms with van der Waals surface area (Å²) in [5, 5.41) is 9.01. The molecule has 6 heteroatoms. The van der Waals surface area contributed by atoms with Gasteiger partial charge in [-0.3, -0.25) is 0 Å². The quantitative estimate of drug-likeness (QED) is 0.919. The second kappa shape index (κ2) is 5.48. The van der Waals surface area contributed by atoms with Crippen LogP contribution in [0, 0.1) is 6.92 Å². The summed E-state index contributed by atoms with van der Waals surface area (Å²) in [6, 6.07) is 4.61. The summed E-state index contributed by atoms with van der Waals surface area (Å²) in [4.78, 5) is 0.214. The van der Waals surface area contributed by atoms with E-state index >= 15 is 0 Å². The Kier molecular flexibility index (Phi) is 4.71.